The van der Waals surface area contributed by atoms with Crippen LogP contribution < -0.4 is 16.4 Å². The Morgan fingerprint density at radius 3 is 2.71 bits per heavy atom. The number of nitrogens with one attached hydrogen (secondary N) is 2. The number of carbonyl (C=O) groups is 1. The molecule has 0 fully saturated rings. The Morgan fingerprint density at radius 2 is 2.10 bits per heavy atom. The Morgan fingerprint density at radius 1 is 1.38 bits per heavy atom. The summed E-state index contributed by atoms with van der Waals surface area (Å²) in [6.45, 7) is 6.59. The summed E-state index contributed by atoms with van der Waals surface area (Å²) in [5.74, 6) is 0. The highest BCUT2D eigenvalue weighted by molar-refractivity contribution is 5.68. The number of hydrogen-bond donors (Lipinski definition) is 3. The van der Waals surface area contributed by atoms with E-state index in [1.54, 1.807) is 18.2 Å². The van der Waals surface area contributed by atoms with E-state index in [9.17, 15) is 4.79 Å². The number of alkyl carbamates (subject to hydrolysis) is 1. The number of nitriles is 1. The van der Waals surface area contributed by atoms with Gasteiger partial charge in [0, 0.05) is 13.1 Å². The molecule has 1 aromatic rings. The highest BCUT2D eigenvalue weighted by atomic mass is 16.6. The number of rotatable bonds is 5. The van der Waals surface area contributed by atoms with Crippen LogP contribution >= 0.6 is 0 Å². The van der Waals surface area contributed by atoms with Crippen molar-refractivity contribution in [1.29, 1.82) is 5.26 Å². The first-order valence-corrected chi connectivity index (χ1v) is 6.82. The van der Waals surface area contributed by atoms with E-state index in [0.717, 1.165) is 12.1 Å². The summed E-state index contributed by atoms with van der Waals surface area (Å²) in [5, 5.41) is 14.7. The van der Waals surface area contributed by atoms with E-state index in [1.807, 2.05) is 20.8 Å². The lowest BCUT2D eigenvalue weighted by molar-refractivity contribution is 0.0528. The molecule has 0 aliphatic rings. The zero-order valence-electron chi connectivity index (χ0n) is 12.7. The van der Waals surface area contributed by atoms with Crippen LogP contribution in [0.25, 0.3) is 0 Å². The summed E-state index contributed by atoms with van der Waals surface area (Å²) in [7, 11) is 0. The maximum Gasteiger partial charge on any atom is 0.407 e. The van der Waals surface area contributed by atoms with Crippen LogP contribution in [0.4, 0.5) is 16.2 Å². The molecule has 1 rings (SSSR count). The Labute approximate surface area is 125 Å². The molecule has 0 atom stereocenters. The standard InChI is InChI=1S/C15H22N4O2/c1-15(2,3)21-14(20)19-8-4-7-18-13-9-11(10-16)5-6-12(13)17/h5-6,9,18H,4,7-8,17H2,1-3H3,(H,19,20). The topological polar surface area (TPSA) is 100 Å². The molecular formula is C15H22N4O2. The van der Waals surface area contributed by atoms with Gasteiger partial charge in [0.05, 0.1) is 23.0 Å². The van der Waals surface area contributed by atoms with Crippen LogP contribution in [0.2, 0.25) is 0 Å². The maximum atomic E-state index is 11.4. The van der Waals surface area contributed by atoms with Gasteiger partial charge in [0.2, 0.25) is 0 Å². The zero-order valence-corrected chi connectivity index (χ0v) is 12.7. The Hall–Kier alpha value is -2.42. The van der Waals surface area contributed by atoms with Gasteiger partial charge in [0.1, 0.15) is 5.60 Å². The molecule has 6 heteroatoms. The van der Waals surface area contributed by atoms with E-state index in [2.05, 4.69) is 16.7 Å². The minimum Gasteiger partial charge on any atom is -0.444 e. The van der Waals surface area contributed by atoms with Crippen molar-refractivity contribution in [3.05, 3.63) is 23.8 Å². The molecule has 1 aromatic carbocycles. The van der Waals surface area contributed by atoms with Gasteiger partial charge in [-0.1, -0.05) is 0 Å². The molecule has 0 aliphatic heterocycles. The van der Waals surface area contributed by atoms with Crippen molar-refractivity contribution in [2.75, 3.05) is 24.1 Å². The van der Waals surface area contributed by atoms with Crippen molar-refractivity contribution in [1.82, 2.24) is 5.32 Å². The first kappa shape index (κ1) is 16.6. The number of nitrogen functional groups attached to an aromatic ring is 1. The van der Waals surface area contributed by atoms with Crippen molar-refractivity contribution >= 4 is 17.5 Å². The molecule has 21 heavy (non-hydrogen) atoms. The summed E-state index contributed by atoms with van der Waals surface area (Å²) in [4.78, 5) is 11.4. The molecule has 114 valence electrons. The molecule has 0 saturated carbocycles. The van der Waals surface area contributed by atoms with Gasteiger partial charge in [0.25, 0.3) is 0 Å². The van der Waals surface area contributed by atoms with Crippen LogP contribution in [0.5, 0.6) is 0 Å². The molecule has 0 aliphatic carbocycles. The van der Waals surface area contributed by atoms with Gasteiger partial charge in [0.15, 0.2) is 0 Å². The second kappa shape index (κ2) is 7.39. The number of carbonyl (C=O) groups excluding carboxylic acids is 1. The van der Waals surface area contributed by atoms with Gasteiger partial charge in [-0.3, -0.25) is 0 Å². The first-order chi connectivity index (χ1) is 9.81. The first-order valence-electron chi connectivity index (χ1n) is 6.82. The lowest BCUT2D eigenvalue weighted by Crippen LogP contribution is -2.33. The number of nitrogens with zero attached hydrogens (tertiary/aromatic N) is 1. The molecule has 0 bridgehead atoms. The Kier molecular flexibility index (Phi) is 5.85. The van der Waals surface area contributed by atoms with Gasteiger partial charge >= 0.3 is 6.09 Å². The van der Waals surface area contributed by atoms with E-state index >= 15 is 0 Å². The predicted octanol–water partition coefficient (Wildman–Crippen LogP) is 2.47. The van der Waals surface area contributed by atoms with Gasteiger partial charge in [-0.15, -0.1) is 0 Å². The van der Waals surface area contributed by atoms with Gasteiger partial charge in [-0.2, -0.15) is 5.26 Å². The second-order valence-electron chi connectivity index (χ2n) is 5.62. The number of amides is 1. The second-order valence-corrected chi connectivity index (χ2v) is 5.62. The van der Waals surface area contributed by atoms with Crippen LogP contribution in [0.15, 0.2) is 18.2 Å². The van der Waals surface area contributed by atoms with Crippen molar-refractivity contribution in [2.45, 2.75) is 32.8 Å². The summed E-state index contributed by atoms with van der Waals surface area (Å²) in [6, 6.07) is 7.13. The number of nitrogens with two attached hydrogens (primary N) is 1. The van der Waals surface area contributed by atoms with Gasteiger partial charge < -0.3 is 21.1 Å². The fraction of sp³-hybridized carbons (Fsp3) is 0.467. The van der Waals surface area contributed by atoms with Crippen molar-refractivity contribution in [3.63, 3.8) is 0 Å². The lowest BCUT2D eigenvalue weighted by atomic mass is 10.2. The molecule has 0 heterocycles. The molecule has 4 N–H and O–H groups in total. The molecule has 0 saturated heterocycles. The summed E-state index contributed by atoms with van der Waals surface area (Å²) >= 11 is 0. The Balaban J connectivity index is 2.29. The smallest absolute Gasteiger partial charge is 0.407 e. The van der Waals surface area contributed by atoms with Gasteiger partial charge in [-0.05, 0) is 45.4 Å². The molecule has 6 nitrogen and oxygen atoms in total. The highest BCUT2D eigenvalue weighted by Crippen LogP contribution is 2.19. The van der Waals surface area contributed by atoms with Crippen molar-refractivity contribution in [2.24, 2.45) is 0 Å². The van der Waals surface area contributed by atoms with Gasteiger partial charge in [-0.25, -0.2) is 4.79 Å². The molecule has 0 radical (unpaired) electrons. The number of anilines is 2. The minimum atomic E-state index is -0.492. The van der Waals surface area contributed by atoms with Crippen LogP contribution in [0.1, 0.15) is 32.8 Å². The maximum absolute atomic E-state index is 11.4. The lowest BCUT2D eigenvalue weighted by Gasteiger charge is -2.19. The normalized spacial score (nSPS) is 10.6. The summed E-state index contributed by atoms with van der Waals surface area (Å²) < 4.78 is 5.13. The summed E-state index contributed by atoms with van der Waals surface area (Å²) in [6.07, 6.45) is 0.295. The molecule has 0 spiro atoms. The third-order valence-corrected chi connectivity index (χ3v) is 2.52. The molecular weight excluding hydrogens is 268 g/mol. The monoisotopic (exact) mass is 290 g/mol. The van der Waals surface area contributed by atoms with Crippen molar-refractivity contribution in [3.8, 4) is 6.07 Å². The SMILES string of the molecule is CC(C)(C)OC(=O)NCCCNc1cc(C#N)ccc1N. The quantitative estimate of drug-likeness (QED) is 0.571. The van der Waals surface area contributed by atoms with E-state index < -0.39 is 11.7 Å². The average Bonchev–Trinajstić information content (AvgIpc) is 2.38. The summed E-state index contributed by atoms with van der Waals surface area (Å²) in [5.41, 5.74) is 7.20. The van der Waals surface area contributed by atoms with E-state index in [4.69, 9.17) is 15.7 Å². The fourth-order valence-electron chi connectivity index (χ4n) is 1.59. The van der Waals surface area contributed by atoms with E-state index in [-0.39, 0.29) is 0 Å². The molecule has 1 amide bonds. The minimum absolute atomic E-state index is 0.423. The van der Waals surface area contributed by atoms with Crippen molar-refractivity contribution < 1.29 is 9.53 Å². The molecule has 0 unspecified atom stereocenters. The fourth-order valence-corrected chi connectivity index (χ4v) is 1.59. The van der Waals surface area contributed by atoms with Crippen LogP contribution in [0.3, 0.4) is 0 Å². The number of hydrogen-bond acceptors (Lipinski definition) is 5. The van der Waals surface area contributed by atoms with Crippen LogP contribution in [-0.2, 0) is 4.74 Å². The average molecular weight is 290 g/mol. The van der Waals surface area contributed by atoms with E-state index in [1.165, 1.54) is 0 Å². The number of ether oxygens (including phenoxy) is 1. The predicted molar refractivity (Wildman–Crippen MR) is 82.9 cm³/mol. The van der Waals surface area contributed by atoms with E-state index in [0.29, 0.717) is 24.3 Å². The largest absolute Gasteiger partial charge is 0.444 e. The number of benzene rings is 1. The molecule has 0 aromatic heterocycles. The third-order valence-electron chi connectivity index (χ3n) is 2.52. The Bertz CT molecular complexity index is 529. The highest BCUT2D eigenvalue weighted by Gasteiger charge is 2.15. The zero-order chi connectivity index (χ0) is 15.9. The van der Waals surface area contributed by atoms with Crippen LogP contribution in [-0.4, -0.2) is 24.8 Å². The third kappa shape index (κ3) is 6.52. The van der Waals surface area contributed by atoms with Crippen LogP contribution in [0, 0.1) is 11.3 Å².